The largest absolute Gasteiger partial charge is 0.324 e. The molecule has 1 N–H and O–H groups in total. The number of benzene rings is 3. The van der Waals surface area contributed by atoms with Crippen LogP contribution in [0.2, 0.25) is 10.0 Å². The highest BCUT2D eigenvalue weighted by molar-refractivity contribution is 6.36. The van der Waals surface area contributed by atoms with E-state index in [-0.39, 0.29) is 5.69 Å². The zero-order chi connectivity index (χ0) is 24.2. The molecular weight excluding hydrogens is 477 g/mol. The number of amides is 1. The Hall–Kier alpha value is -3.75. The molecule has 0 aliphatic heterocycles. The molecule has 0 spiro atoms. The van der Waals surface area contributed by atoms with Crippen LogP contribution in [0, 0.1) is 10.1 Å². The molecule has 172 valence electrons. The molecule has 1 amide bonds. The third-order valence-corrected chi connectivity index (χ3v) is 5.64. The van der Waals surface area contributed by atoms with Gasteiger partial charge in [-0.1, -0.05) is 42.3 Å². The number of nitrogens with zero attached hydrogens (tertiary/aromatic N) is 4. The van der Waals surface area contributed by atoms with Crippen molar-refractivity contribution < 1.29 is 9.72 Å². The summed E-state index contributed by atoms with van der Waals surface area (Å²) in [4.78, 5) is 27.8. The molecule has 34 heavy (non-hydrogen) atoms. The van der Waals surface area contributed by atoms with Crippen molar-refractivity contribution in [3.8, 4) is 11.4 Å². The summed E-state index contributed by atoms with van der Waals surface area (Å²) in [6.07, 6.45) is 2.23. The second-order valence-electron chi connectivity index (χ2n) is 7.47. The number of aryl methyl sites for hydroxylation is 1. The standard InChI is InChI=1S/C24H19Cl2N5O3/c1-2-10-30-22-9-6-16(12-21(22)28-23(30)19-8-7-17(25)13-20(19)26)24(32)29-27-14-15-4-3-5-18(11-15)31(33)34/h3-9,11-14H,2,10H2,1H3,(H,29,32)/b27-14+. The van der Waals surface area contributed by atoms with E-state index < -0.39 is 10.8 Å². The summed E-state index contributed by atoms with van der Waals surface area (Å²) < 4.78 is 2.06. The first-order chi connectivity index (χ1) is 16.4. The lowest BCUT2D eigenvalue weighted by Crippen LogP contribution is -2.17. The molecule has 0 aliphatic rings. The fraction of sp³-hybridized carbons (Fsp3) is 0.125. The van der Waals surface area contributed by atoms with E-state index in [4.69, 9.17) is 28.2 Å². The first-order valence-electron chi connectivity index (χ1n) is 10.4. The highest BCUT2D eigenvalue weighted by Gasteiger charge is 2.17. The van der Waals surface area contributed by atoms with Gasteiger partial charge in [-0.2, -0.15) is 5.10 Å². The number of hydrogen-bond donors (Lipinski definition) is 1. The number of hydrogen-bond acceptors (Lipinski definition) is 5. The predicted octanol–water partition coefficient (Wildman–Crippen LogP) is 6.09. The topological polar surface area (TPSA) is 102 Å². The number of nitro benzene ring substituents is 1. The number of aromatic nitrogens is 2. The molecule has 0 unspecified atom stereocenters. The molecule has 4 rings (SSSR count). The quantitative estimate of drug-likeness (QED) is 0.190. The van der Waals surface area contributed by atoms with Gasteiger partial charge in [0.1, 0.15) is 5.82 Å². The Balaban J connectivity index is 1.61. The number of imidazole rings is 1. The Bertz CT molecular complexity index is 1430. The lowest BCUT2D eigenvalue weighted by atomic mass is 10.2. The van der Waals surface area contributed by atoms with Gasteiger partial charge >= 0.3 is 0 Å². The maximum absolute atomic E-state index is 12.6. The van der Waals surface area contributed by atoms with Crippen LogP contribution < -0.4 is 5.43 Å². The van der Waals surface area contributed by atoms with Gasteiger partial charge in [-0.15, -0.1) is 0 Å². The Morgan fingerprint density at radius 1 is 1.18 bits per heavy atom. The molecule has 0 saturated heterocycles. The number of non-ortho nitro benzene ring substituents is 1. The van der Waals surface area contributed by atoms with Crippen LogP contribution in [0.15, 0.2) is 65.8 Å². The van der Waals surface area contributed by atoms with Gasteiger partial charge in [-0.05, 0) is 42.8 Å². The van der Waals surface area contributed by atoms with Gasteiger partial charge < -0.3 is 4.57 Å². The van der Waals surface area contributed by atoms with Crippen LogP contribution in [0.25, 0.3) is 22.4 Å². The minimum Gasteiger partial charge on any atom is -0.324 e. The lowest BCUT2D eigenvalue weighted by molar-refractivity contribution is -0.384. The normalized spacial score (nSPS) is 11.3. The fourth-order valence-corrected chi connectivity index (χ4v) is 4.04. The van der Waals surface area contributed by atoms with E-state index in [0.29, 0.717) is 32.5 Å². The van der Waals surface area contributed by atoms with E-state index in [1.54, 1.807) is 36.4 Å². The first-order valence-corrected chi connectivity index (χ1v) is 11.2. The molecule has 1 aromatic heterocycles. The molecule has 0 fully saturated rings. The van der Waals surface area contributed by atoms with E-state index in [9.17, 15) is 14.9 Å². The molecule has 0 bridgehead atoms. The van der Waals surface area contributed by atoms with E-state index >= 15 is 0 Å². The van der Waals surface area contributed by atoms with Crippen LogP contribution in [0.5, 0.6) is 0 Å². The summed E-state index contributed by atoms with van der Waals surface area (Å²) in [6.45, 7) is 2.80. The number of rotatable bonds is 7. The Morgan fingerprint density at radius 3 is 2.74 bits per heavy atom. The van der Waals surface area contributed by atoms with Crippen LogP contribution in [-0.2, 0) is 6.54 Å². The first kappa shape index (κ1) is 23.4. The molecular formula is C24H19Cl2N5O3. The van der Waals surface area contributed by atoms with Gasteiger partial charge in [-0.3, -0.25) is 14.9 Å². The van der Waals surface area contributed by atoms with E-state index in [0.717, 1.165) is 24.0 Å². The molecule has 1 heterocycles. The van der Waals surface area contributed by atoms with Gasteiger partial charge in [0, 0.05) is 40.4 Å². The van der Waals surface area contributed by atoms with Crippen molar-refractivity contribution in [2.75, 3.05) is 0 Å². The number of fused-ring (bicyclic) bond motifs is 1. The van der Waals surface area contributed by atoms with Crippen molar-refractivity contribution in [3.63, 3.8) is 0 Å². The van der Waals surface area contributed by atoms with Gasteiger partial charge in [0.25, 0.3) is 11.6 Å². The number of nitrogens with one attached hydrogen (secondary N) is 1. The third kappa shape index (κ3) is 4.93. The molecule has 4 aromatic rings. The molecule has 10 heteroatoms. The van der Waals surface area contributed by atoms with Crippen LogP contribution >= 0.6 is 23.2 Å². The number of carbonyl (C=O) groups is 1. The number of hydrazone groups is 1. The zero-order valence-corrected chi connectivity index (χ0v) is 19.5. The predicted molar refractivity (Wildman–Crippen MR) is 134 cm³/mol. The average Bonchev–Trinajstić information content (AvgIpc) is 3.16. The van der Waals surface area contributed by atoms with Gasteiger partial charge in [0.15, 0.2) is 0 Å². The highest BCUT2D eigenvalue weighted by Crippen LogP contribution is 2.32. The maximum atomic E-state index is 12.6. The Morgan fingerprint density at radius 2 is 2.00 bits per heavy atom. The Kier molecular flexibility index (Phi) is 6.90. The summed E-state index contributed by atoms with van der Waals surface area (Å²) in [5.41, 5.74) is 5.53. The van der Waals surface area contributed by atoms with Gasteiger partial charge in [-0.25, -0.2) is 10.4 Å². The van der Waals surface area contributed by atoms with Crippen molar-refractivity contribution in [1.82, 2.24) is 15.0 Å². The minimum absolute atomic E-state index is 0.0556. The van der Waals surface area contributed by atoms with Gasteiger partial charge in [0.05, 0.1) is 27.2 Å². The van der Waals surface area contributed by atoms with Crippen LogP contribution in [-0.4, -0.2) is 26.6 Å². The second-order valence-corrected chi connectivity index (χ2v) is 8.31. The lowest BCUT2D eigenvalue weighted by Gasteiger charge is -2.09. The van der Waals surface area contributed by atoms with Crippen molar-refractivity contribution >= 4 is 52.0 Å². The number of carbonyl (C=O) groups excluding carboxylic acids is 1. The number of nitro groups is 1. The number of halogens is 2. The molecule has 0 radical (unpaired) electrons. The molecule has 0 saturated carbocycles. The van der Waals surface area contributed by atoms with Gasteiger partial charge in [0.2, 0.25) is 0 Å². The van der Waals surface area contributed by atoms with Crippen molar-refractivity contribution in [1.29, 1.82) is 0 Å². The SMILES string of the molecule is CCCn1c(-c2ccc(Cl)cc2Cl)nc2cc(C(=O)N/N=C/c3cccc([N+](=O)[O-])c3)ccc21. The summed E-state index contributed by atoms with van der Waals surface area (Å²) in [7, 11) is 0. The van der Waals surface area contributed by atoms with Crippen LogP contribution in [0.4, 0.5) is 5.69 Å². The monoisotopic (exact) mass is 495 g/mol. The summed E-state index contributed by atoms with van der Waals surface area (Å²) >= 11 is 12.5. The molecule has 3 aromatic carbocycles. The summed E-state index contributed by atoms with van der Waals surface area (Å²) in [6, 6.07) is 16.4. The van der Waals surface area contributed by atoms with E-state index in [2.05, 4.69) is 22.0 Å². The summed E-state index contributed by atoms with van der Waals surface area (Å²) in [5.74, 6) is 0.263. The highest BCUT2D eigenvalue weighted by atomic mass is 35.5. The second kappa shape index (κ2) is 10.0. The molecule has 0 atom stereocenters. The smallest absolute Gasteiger partial charge is 0.271 e. The fourth-order valence-electron chi connectivity index (χ4n) is 3.55. The zero-order valence-electron chi connectivity index (χ0n) is 18.0. The van der Waals surface area contributed by atoms with E-state index in [1.165, 1.54) is 18.3 Å². The van der Waals surface area contributed by atoms with Crippen LogP contribution in [0.3, 0.4) is 0 Å². The maximum Gasteiger partial charge on any atom is 0.271 e. The van der Waals surface area contributed by atoms with Crippen LogP contribution in [0.1, 0.15) is 29.3 Å². The average molecular weight is 496 g/mol. The van der Waals surface area contributed by atoms with Crippen molar-refractivity contribution in [2.45, 2.75) is 19.9 Å². The summed E-state index contributed by atoms with van der Waals surface area (Å²) in [5, 5.41) is 15.8. The van der Waals surface area contributed by atoms with Crippen molar-refractivity contribution in [2.24, 2.45) is 5.10 Å². The molecule has 8 nitrogen and oxygen atoms in total. The third-order valence-electron chi connectivity index (χ3n) is 5.09. The Labute approximate surface area is 205 Å². The molecule has 0 aliphatic carbocycles. The minimum atomic E-state index is -0.492. The van der Waals surface area contributed by atoms with E-state index in [1.807, 2.05) is 12.1 Å². The van der Waals surface area contributed by atoms with Crippen molar-refractivity contribution in [3.05, 3.63) is 92.0 Å².